The number of fused-ring (bicyclic) bond motifs is 1. The minimum Gasteiger partial charge on any atom is -0.303 e. The summed E-state index contributed by atoms with van der Waals surface area (Å²) in [5, 5.41) is 0. The Kier molecular flexibility index (Phi) is 1.88. The molecule has 0 spiro atoms. The smallest absolute Gasteiger partial charge is 0.179 e. The number of imidazole rings is 1. The first-order valence-electron chi connectivity index (χ1n) is 3.68. The van der Waals surface area contributed by atoms with E-state index < -0.39 is 0 Å². The zero-order chi connectivity index (χ0) is 9.42. The van der Waals surface area contributed by atoms with Crippen LogP contribution >= 0.6 is 15.9 Å². The molecular weight excluding hydrogens is 234 g/mol. The maximum Gasteiger partial charge on any atom is 0.179 e. The predicted octanol–water partition coefficient (Wildman–Crippen LogP) is 1.69. The van der Waals surface area contributed by atoms with Gasteiger partial charge in [0.2, 0.25) is 0 Å². The summed E-state index contributed by atoms with van der Waals surface area (Å²) in [6.07, 6.45) is 5.08. The molecule has 2 heterocycles. The third-order valence-corrected chi connectivity index (χ3v) is 2.25. The second kappa shape index (κ2) is 2.92. The van der Waals surface area contributed by atoms with Crippen LogP contribution < -0.4 is 0 Å². The summed E-state index contributed by atoms with van der Waals surface area (Å²) >= 11 is 3.25. The van der Waals surface area contributed by atoms with E-state index in [-0.39, 0.29) is 5.78 Å². The number of rotatable bonds is 1. The van der Waals surface area contributed by atoms with Crippen LogP contribution in [0.15, 0.2) is 23.2 Å². The van der Waals surface area contributed by atoms with Gasteiger partial charge in [-0.05, 0) is 15.9 Å². The number of carbonyl (C=O) groups is 1. The third-order valence-electron chi connectivity index (χ3n) is 1.69. The summed E-state index contributed by atoms with van der Waals surface area (Å²) in [7, 11) is 0. The molecule has 66 valence electrons. The SMILES string of the molecule is CC(=O)c1cn2ccnc(Br)c2n1. The fraction of sp³-hybridized carbons (Fsp3) is 0.125. The van der Waals surface area contributed by atoms with Gasteiger partial charge in [-0.3, -0.25) is 4.79 Å². The Morgan fingerprint density at radius 3 is 3.00 bits per heavy atom. The maximum absolute atomic E-state index is 11.0. The van der Waals surface area contributed by atoms with Crippen molar-refractivity contribution < 1.29 is 4.79 Å². The van der Waals surface area contributed by atoms with Crippen molar-refractivity contribution >= 4 is 27.4 Å². The average molecular weight is 240 g/mol. The fourth-order valence-electron chi connectivity index (χ4n) is 1.06. The molecule has 0 unspecified atom stereocenters. The second-order valence-corrected chi connectivity index (χ2v) is 3.38. The zero-order valence-corrected chi connectivity index (χ0v) is 8.45. The van der Waals surface area contributed by atoms with Crippen molar-refractivity contribution in [3.8, 4) is 0 Å². The Morgan fingerprint density at radius 1 is 1.62 bits per heavy atom. The van der Waals surface area contributed by atoms with Crippen molar-refractivity contribution in [2.75, 3.05) is 0 Å². The highest BCUT2D eigenvalue weighted by Gasteiger charge is 2.07. The normalized spacial score (nSPS) is 10.6. The van der Waals surface area contributed by atoms with Crippen LogP contribution in [0.3, 0.4) is 0 Å². The Morgan fingerprint density at radius 2 is 2.38 bits per heavy atom. The first-order valence-corrected chi connectivity index (χ1v) is 4.48. The molecule has 0 atom stereocenters. The number of carbonyl (C=O) groups excluding carboxylic acids is 1. The van der Waals surface area contributed by atoms with Crippen LogP contribution in [0.4, 0.5) is 0 Å². The van der Waals surface area contributed by atoms with Crippen molar-refractivity contribution in [2.45, 2.75) is 6.92 Å². The van der Waals surface area contributed by atoms with Crippen molar-refractivity contribution in [3.63, 3.8) is 0 Å². The number of Topliss-reactive ketones (excluding diaryl/α,β-unsaturated/α-hetero) is 1. The molecule has 0 aliphatic rings. The third kappa shape index (κ3) is 1.35. The van der Waals surface area contributed by atoms with Gasteiger partial charge in [0.05, 0.1) is 0 Å². The van der Waals surface area contributed by atoms with Crippen molar-refractivity contribution in [2.24, 2.45) is 0 Å². The highest BCUT2D eigenvalue weighted by atomic mass is 79.9. The van der Waals surface area contributed by atoms with Gasteiger partial charge >= 0.3 is 0 Å². The number of hydrogen-bond acceptors (Lipinski definition) is 3. The molecule has 0 fully saturated rings. The van der Waals surface area contributed by atoms with Gasteiger partial charge < -0.3 is 4.40 Å². The van der Waals surface area contributed by atoms with Crippen LogP contribution in [-0.4, -0.2) is 20.2 Å². The summed E-state index contributed by atoms with van der Waals surface area (Å²) in [5.74, 6) is -0.0457. The quantitative estimate of drug-likeness (QED) is 0.712. The minimum absolute atomic E-state index is 0.0457. The fourth-order valence-corrected chi connectivity index (χ4v) is 1.47. The van der Waals surface area contributed by atoms with Crippen LogP contribution in [0.2, 0.25) is 0 Å². The number of ketones is 1. The van der Waals surface area contributed by atoms with E-state index in [1.165, 1.54) is 6.92 Å². The molecule has 2 rings (SSSR count). The molecule has 2 aromatic rings. The largest absolute Gasteiger partial charge is 0.303 e. The molecule has 0 radical (unpaired) electrons. The monoisotopic (exact) mass is 239 g/mol. The Hall–Kier alpha value is -1.23. The van der Waals surface area contributed by atoms with E-state index in [9.17, 15) is 4.79 Å². The highest BCUT2D eigenvalue weighted by molar-refractivity contribution is 9.10. The number of halogens is 1. The summed E-state index contributed by atoms with van der Waals surface area (Å²) in [5.41, 5.74) is 1.11. The first-order chi connectivity index (χ1) is 6.18. The van der Waals surface area contributed by atoms with Crippen molar-refractivity contribution in [1.29, 1.82) is 0 Å². The van der Waals surface area contributed by atoms with Gasteiger partial charge in [-0.1, -0.05) is 0 Å². The van der Waals surface area contributed by atoms with Gasteiger partial charge in [0.15, 0.2) is 11.4 Å². The van der Waals surface area contributed by atoms with Crippen LogP contribution in [0.5, 0.6) is 0 Å². The number of aromatic nitrogens is 3. The van der Waals surface area contributed by atoms with Gasteiger partial charge in [-0.25, -0.2) is 9.97 Å². The summed E-state index contributed by atoms with van der Waals surface area (Å²) in [6.45, 7) is 1.49. The molecular formula is C8H6BrN3O. The van der Waals surface area contributed by atoms with E-state index in [2.05, 4.69) is 25.9 Å². The standard InChI is InChI=1S/C8H6BrN3O/c1-5(13)6-4-12-3-2-10-7(9)8(12)11-6/h2-4H,1H3. The van der Waals surface area contributed by atoms with Crippen LogP contribution in [-0.2, 0) is 0 Å². The van der Waals surface area contributed by atoms with E-state index >= 15 is 0 Å². The molecule has 4 nitrogen and oxygen atoms in total. The Balaban J connectivity index is 2.75. The molecule has 13 heavy (non-hydrogen) atoms. The molecule has 0 aromatic carbocycles. The van der Waals surface area contributed by atoms with E-state index in [0.29, 0.717) is 15.9 Å². The topological polar surface area (TPSA) is 47.3 Å². The van der Waals surface area contributed by atoms with Crippen LogP contribution in [0.25, 0.3) is 5.65 Å². The van der Waals surface area contributed by atoms with E-state index in [1.54, 1.807) is 23.0 Å². The van der Waals surface area contributed by atoms with Gasteiger partial charge in [0.1, 0.15) is 10.3 Å². The summed E-state index contributed by atoms with van der Waals surface area (Å²) in [6, 6.07) is 0. The molecule has 0 bridgehead atoms. The van der Waals surface area contributed by atoms with Crippen LogP contribution in [0, 0.1) is 0 Å². The number of hydrogen-bond donors (Lipinski definition) is 0. The predicted molar refractivity (Wildman–Crippen MR) is 50.7 cm³/mol. The molecule has 0 N–H and O–H groups in total. The number of nitrogens with zero attached hydrogens (tertiary/aromatic N) is 3. The molecule has 2 aromatic heterocycles. The molecule has 0 aliphatic heterocycles. The minimum atomic E-state index is -0.0457. The lowest BCUT2D eigenvalue weighted by atomic mass is 10.3. The maximum atomic E-state index is 11.0. The van der Waals surface area contributed by atoms with Gasteiger partial charge in [-0.2, -0.15) is 0 Å². The van der Waals surface area contributed by atoms with Gasteiger partial charge in [0.25, 0.3) is 0 Å². The summed E-state index contributed by atoms with van der Waals surface area (Å²) in [4.78, 5) is 19.1. The lowest BCUT2D eigenvalue weighted by Crippen LogP contribution is -1.90. The van der Waals surface area contributed by atoms with Gasteiger partial charge in [-0.15, -0.1) is 0 Å². The average Bonchev–Trinajstić information content (AvgIpc) is 2.49. The zero-order valence-electron chi connectivity index (χ0n) is 6.86. The molecule has 5 heteroatoms. The molecule has 0 saturated heterocycles. The molecule has 0 saturated carbocycles. The lowest BCUT2D eigenvalue weighted by molar-refractivity contribution is 0.101. The van der Waals surface area contributed by atoms with Crippen LogP contribution in [0.1, 0.15) is 17.4 Å². The van der Waals surface area contributed by atoms with E-state index in [4.69, 9.17) is 0 Å². The van der Waals surface area contributed by atoms with Crippen molar-refractivity contribution in [1.82, 2.24) is 14.4 Å². The molecule has 0 amide bonds. The highest BCUT2D eigenvalue weighted by Crippen LogP contribution is 2.13. The second-order valence-electron chi connectivity index (χ2n) is 2.63. The molecule has 0 aliphatic carbocycles. The van der Waals surface area contributed by atoms with E-state index in [1.807, 2.05) is 0 Å². The van der Waals surface area contributed by atoms with Gasteiger partial charge in [0, 0.05) is 25.5 Å². The van der Waals surface area contributed by atoms with E-state index in [0.717, 1.165) is 0 Å². The first kappa shape index (κ1) is 8.37. The Labute approximate surface area is 82.7 Å². The van der Waals surface area contributed by atoms with Crippen molar-refractivity contribution in [3.05, 3.63) is 28.9 Å². The lowest BCUT2D eigenvalue weighted by Gasteiger charge is -1.91. The summed E-state index contributed by atoms with van der Waals surface area (Å²) < 4.78 is 2.40. The Bertz CT molecular complexity index is 477.